The molecule has 1 aliphatic heterocycles. The number of aliphatic carboxylic acids is 1. The van der Waals surface area contributed by atoms with Crippen molar-refractivity contribution < 1.29 is 24.2 Å². The van der Waals surface area contributed by atoms with E-state index in [0.717, 1.165) is 0 Å². The molecule has 1 heterocycles. The second-order valence-corrected chi connectivity index (χ2v) is 5.60. The molecule has 0 bridgehead atoms. The summed E-state index contributed by atoms with van der Waals surface area (Å²) in [6.45, 7) is 5.92. The first kappa shape index (κ1) is 16.9. The molecule has 1 N–H and O–H groups in total. The van der Waals surface area contributed by atoms with Gasteiger partial charge < -0.3 is 19.5 Å². The maximum absolute atomic E-state index is 12.7. The lowest BCUT2D eigenvalue weighted by Gasteiger charge is -2.31. The van der Waals surface area contributed by atoms with Gasteiger partial charge in [0, 0.05) is 12.1 Å². The Morgan fingerprint density at radius 1 is 1.43 bits per heavy atom. The first-order valence-electron chi connectivity index (χ1n) is 7.41. The van der Waals surface area contributed by atoms with E-state index in [1.54, 1.807) is 31.2 Å². The third kappa shape index (κ3) is 3.16. The van der Waals surface area contributed by atoms with Crippen molar-refractivity contribution in [1.82, 2.24) is 4.90 Å². The molecule has 0 radical (unpaired) electrons. The van der Waals surface area contributed by atoms with Crippen LogP contribution in [0.25, 0.3) is 0 Å². The first-order valence-corrected chi connectivity index (χ1v) is 7.41. The third-order valence-corrected chi connectivity index (χ3v) is 4.11. The monoisotopic (exact) mass is 319 g/mol. The van der Waals surface area contributed by atoms with Gasteiger partial charge in [-0.2, -0.15) is 0 Å². The van der Waals surface area contributed by atoms with Crippen LogP contribution in [0.3, 0.4) is 0 Å². The number of hydrogen-bond acceptors (Lipinski definition) is 4. The van der Waals surface area contributed by atoms with Crippen LogP contribution in [0.15, 0.2) is 30.9 Å². The fourth-order valence-electron chi connectivity index (χ4n) is 2.74. The van der Waals surface area contributed by atoms with E-state index in [0.29, 0.717) is 43.1 Å². The summed E-state index contributed by atoms with van der Waals surface area (Å²) in [7, 11) is 1.49. The lowest BCUT2D eigenvalue weighted by Crippen LogP contribution is -2.50. The number of benzene rings is 1. The zero-order valence-corrected chi connectivity index (χ0v) is 13.4. The highest BCUT2D eigenvalue weighted by molar-refractivity contribution is 5.98. The molecule has 1 aromatic rings. The minimum Gasteiger partial charge on any atom is -0.493 e. The summed E-state index contributed by atoms with van der Waals surface area (Å²) in [6, 6.07) is 4.83. The van der Waals surface area contributed by atoms with Gasteiger partial charge in [0.25, 0.3) is 5.91 Å². The fraction of sp³-hybridized carbons (Fsp3) is 0.412. The number of rotatable bonds is 6. The molecule has 0 aromatic heterocycles. The molecule has 1 atom stereocenters. The number of methoxy groups -OCH3 is 1. The molecule has 0 aliphatic carbocycles. The summed E-state index contributed by atoms with van der Waals surface area (Å²) in [5, 5.41) is 9.43. The summed E-state index contributed by atoms with van der Waals surface area (Å²) in [6.07, 6.45) is 2.74. The Morgan fingerprint density at radius 2 is 2.17 bits per heavy atom. The smallest absolute Gasteiger partial charge is 0.329 e. The van der Waals surface area contributed by atoms with E-state index in [9.17, 15) is 14.7 Å². The number of amides is 1. The maximum atomic E-state index is 12.7. The largest absolute Gasteiger partial charge is 0.493 e. The fourth-order valence-corrected chi connectivity index (χ4v) is 2.74. The van der Waals surface area contributed by atoms with E-state index >= 15 is 0 Å². The Morgan fingerprint density at radius 3 is 2.78 bits per heavy atom. The van der Waals surface area contributed by atoms with Gasteiger partial charge in [-0.25, -0.2) is 4.79 Å². The van der Waals surface area contributed by atoms with Gasteiger partial charge in [-0.1, -0.05) is 12.7 Å². The molecule has 1 unspecified atom stereocenters. The van der Waals surface area contributed by atoms with Crippen LogP contribution in [0.2, 0.25) is 0 Å². The summed E-state index contributed by atoms with van der Waals surface area (Å²) in [4.78, 5) is 25.6. The topological polar surface area (TPSA) is 76.1 Å². The van der Waals surface area contributed by atoms with Crippen LogP contribution in [-0.4, -0.2) is 47.7 Å². The second kappa shape index (κ2) is 6.73. The molecule has 1 aromatic carbocycles. The zero-order chi connectivity index (χ0) is 17.0. The normalized spacial score (nSPS) is 20.2. The number of carboxylic acids is 1. The Hall–Kier alpha value is -2.50. The highest BCUT2D eigenvalue weighted by Gasteiger charge is 2.46. The van der Waals surface area contributed by atoms with Gasteiger partial charge in [-0.3, -0.25) is 4.79 Å². The summed E-state index contributed by atoms with van der Waals surface area (Å²) < 4.78 is 10.7. The van der Waals surface area contributed by atoms with Crippen molar-refractivity contribution in [3.8, 4) is 11.5 Å². The molecule has 6 heteroatoms. The first-order chi connectivity index (χ1) is 10.9. The van der Waals surface area contributed by atoms with Crippen LogP contribution in [0.5, 0.6) is 11.5 Å². The number of nitrogens with zero attached hydrogens (tertiary/aromatic N) is 1. The van der Waals surface area contributed by atoms with Crippen molar-refractivity contribution in [2.24, 2.45) is 0 Å². The van der Waals surface area contributed by atoms with Crippen molar-refractivity contribution in [2.45, 2.75) is 25.3 Å². The Kier molecular flexibility index (Phi) is 4.93. The molecule has 1 saturated heterocycles. The number of carboxylic acid groups (broad SMARTS) is 1. The third-order valence-electron chi connectivity index (χ3n) is 4.11. The molecule has 1 amide bonds. The second-order valence-electron chi connectivity index (χ2n) is 5.60. The van der Waals surface area contributed by atoms with Crippen LogP contribution in [0, 0.1) is 0 Å². The van der Waals surface area contributed by atoms with E-state index in [4.69, 9.17) is 9.47 Å². The Bertz CT molecular complexity index is 627. The lowest BCUT2D eigenvalue weighted by molar-refractivity contribution is -0.147. The highest BCUT2D eigenvalue weighted by atomic mass is 16.5. The number of carbonyl (C=O) groups is 2. The molecule has 0 saturated carbocycles. The van der Waals surface area contributed by atoms with E-state index in [1.165, 1.54) is 12.0 Å². The van der Waals surface area contributed by atoms with Crippen LogP contribution in [0.4, 0.5) is 0 Å². The van der Waals surface area contributed by atoms with Crippen LogP contribution in [0.1, 0.15) is 30.1 Å². The number of likely N-dealkylation sites (tertiary alicyclic amines) is 1. The minimum absolute atomic E-state index is 0.319. The molecule has 0 spiro atoms. The van der Waals surface area contributed by atoms with Gasteiger partial charge in [0.2, 0.25) is 0 Å². The van der Waals surface area contributed by atoms with Gasteiger partial charge in [-0.15, -0.1) is 0 Å². The van der Waals surface area contributed by atoms with Crippen molar-refractivity contribution >= 4 is 11.9 Å². The van der Waals surface area contributed by atoms with Crippen LogP contribution < -0.4 is 9.47 Å². The molecule has 1 fully saturated rings. The van der Waals surface area contributed by atoms with Crippen LogP contribution >= 0.6 is 0 Å². The number of carbonyl (C=O) groups excluding carboxylic acids is 1. The number of ether oxygens (including phenoxy) is 2. The maximum Gasteiger partial charge on any atom is 0.329 e. The van der Waals surface area contributed by atoms with Gasteiger partial charge in [-0.05, 0) is 38.0 Å². The van der Waals surface area contributed by atoms with Crippen LogP contribution in [-0.2, 0) is 4.79 Å². The van der Waals surface area contributed by atoms with E-state index in [2.05, 4.69) is 6.58 Å². The average Bonchev–Trinajstić information content (AvgIpc) is 2.95. The lowest BCUT2D eigenvalue weighted by atomic mass is 9.98. The van der Waals surface area contributed by atoms with Crippen molar-refractivity contribution in [1.29, 1.82) is 0 Å². The molecule has 124 valence electrons. The predicted molar refractivity (Wildman–Crippen MR) is 85.0 cm³/mol. The average molecular weight is 319 g/mol. The van der Waals surface area contributed by atoms with Gasteiger partial charge in [0.05, 0.1) is 7.11 Å². The summed E-state index contributed by atoms with van der Waals surface area (Å²) in [5.41, 5.74) is -0.787. The molecule has 23 heavy (non-hydrogen) atoms. The van der Waals surface area contributed by atoms with Gasteiger partial charge in [0.15, 0.2) is 11.5 Å². The highest BCUT2D eigenvalue weighted by Crippen LogP contribution is 2.33. The number of hydrogen-bond donors (Lipinski definition) is 1. The standard InChI is InChI=1S/C17H21NO5/c1-4-10-23-13-7-6-12(11-14(13)22-3)15(19)18-9-5-8-17(18,2)16(20)21/h4,6-7,11H,1,5,8-10H2,2-3H3,(H,20,21). The minimum atomic E-state index is -1.16. The predicted octanol–water partition coefficient (Wildman–Crippen LogP) is 2.34. The molecule has 1 aliphatic rings. The van der Waals surface area contributed by atoms with Crippen molar-refractivity contribution in [2.75, 3.05) is 20.3 Å². The van der Waals surface area contributed by atoms with E-state index in [1.807, 2.05) is 0 Å². The molecular formula is C17H21NO5. The van der Waals surface area contributed by atoms with E-state index in [-0.39, 0.29) is 5.91 Å². The van der Waals surface area contributed by atoms with Gasteiger partial charge >= 0.3 is 5.97 Å². The molecule has 6 nitrogen and oxygen atoms in total. The Balaban J connectivity index is 2.29. The van der Waals surface area contributed by atoms with Gasteiger partial charge in [0.1, 0.15) is 12.1 Å². The Labute approximate surface area is 135 Å². The summed E-state index contributed by atoms with van der Waals surface area (Å²) in [5.74, 6) is -0.373. The van der Waals surface area contributed by atoms with Crippen molar-refractivity contribution in [3.05, 3.63) is 36.4 Å². The molecular weight excluding hydrogens is 298 g/mol. The zero-order valence-electron chi connectivity index (χ0n) is 13.4. The SMILES string of the molecule is C=CCOc1ccc(C(=O)N2CCCC2(C)C(=O)O)cc1OC. The van der Waals surface area contributed by atoms with Crippen molar-refractivity contribution in [3.63, 3.8) is 0 Å². The molecule has 2 rings (SSSR count). The summed E-state index contributed by atoms with van der Waals surface area (Å²) >= 11 is 0. The van der Waals surface area contributed by atoms with E-state index < -0.39 is 11.5 Å². The quantitative estimate of drug-likeness (QED) is 0.815.